The summed E-state index contributed by atoms with van der Waals surface area (Å²) in [6.07, 6.45) is 1.90. The van der Waals surface area contributed by atoms with Gasteiger partial charge in [0.05, 0.1) is 20.8 Å². The predicted molar refractivity (Wildman–Crippen MR) is 104 cm³/mol. The Labute approximate surface area is 155 Å². The molecule has 2 rings (SSSR count). The lowest BCUT2D eigenvalue weighted by atomic mass is 10.1. The maximum Gasteiger partial charge on any atom is 0.234 e. The van der Waals surface area contributed by atoms with Gasteiger partial charge >= 0.3 is 0 Å². The molecule has 2 aromatic carbocycles. The maximum absolute atomic E-state index is 12.1. The fraction of sp³-hybridized carbons (Fsp3) is 0.381. The number of para-hydroxylation sites is 1. The summed E-state index contributed by atoms with van der Waals surface area (Å²) in [4.78, 5) is 14.1. The molecule has 1 amide bonds. The Morgan fingerprint density at radius 2 is 1.81 bits per heavy atom. The average molecular weight is 356 g/mol. The Hall–Kier alpha value is -2.53. The molecule has 1 N–H and O–H groups in total. The van der Waals surface area contributed by atoms with Crippen molar-refractivity contribution in [3.8, 4) is 11.5 Å². The lowest BCUT2D eigenvalue weighted by Crippen LogP contribution is -2.35. The zero-order valence-electron chi connectivity index (χ0n) is 15.8. The lowest BCUT2D eigenvalue weighted by Gasteiger charge is -2.19. The van der Waals surface area contributed by atoms with Gasteiger partial charge in [-0.05, 0) is 31.5 Å². The fourth-order valence-corrected chi connectivity index (χ4v) is 2.89. The van der Waals surface area contributed by atoms with Gasteiger partial charge in [0.25, 0.3) is 0 Å². The van der Waals surface area contributed by atoms with Gasteiger partial charge < -0.3 is 14.8 Å². The molecule has 0 aliphatic heterocycles. The quantitative estimate of drug-likeness (QED) is 0.665. The molecule has 0 bridgehead atoms. The first kappa shape index (κ1) is 19.8. The largest absolute Gasteiger partial charge is 0.493 e. The molecule has 0 aromatic heterocycles. The Morgan fingerprint density at radius 1 is 1.04 bits per heavy atom. The highest BCUT2D eigenvalue weighted by molar-refractivity contribution is 5.77. The number of aryl methyl sites for hydroxylation is 1. The summed E-state index contributed by atoms with van der Waals surface area (Å²) >= 11 is 0. The van der Waals surface area contributed by atoms with Crippen LogP contribution in [0, 0.1) is 0 Å². The van der Waals surface area contributed by atoms with Crippen LogP contribution in [0.2, 0.25) is 0 Å². The third-order valence-electron chi connectivity index (χ3n) is 4.15. The molecule has 0 atom stereocenters. The molecular formula is C21H28N2O3. The van der Waals surface area contributed by atoms with Crippen molar-refractivity contribution in [1.29, 1.82) is 0 Å². The van der Waals surface area contributed by atoms with Crippen LogP contribution < -0.4 is 14.8 Å². The van der Waals surface area contributed by atoms with Crippen molar-refractivity contribution < 1.29 is 14.3 Å². The summed E-state index contributed by atoms with van der Waals surface area (Å²) in [5.74, 6) is 1.44. The predicted octanol–water partition coefficient (Wildman–Crippen LogP) is 2.88. The highest BCUT2D eigenvalue weighted by Crippen LogP contribution is 2.31. The number of nitrogens with zero attached hydrogens (tertiary/aromatic N) is 1. The van der Waals surface area contributed by atoms with E-state index in [-0.39, 0.29) is 5.91 Å². The minimum atomic E-state index is 0.0300. The first-order valence-electron chi connectivity index (χ1n) is 8.83. The number of likely N-dealkylation sites (N-methyl/N-ethyl adjacent to an activating group) is 1. The van der Waals surface area contributed by atoms with E-state index in [1.54, 1.807) is 14.2 Å². The van der Waals surface area contributed by atoms with E-state index in [4.69, 9.17) is 9.47 Å². The van der Waals surface area contributed by atoms with Crippen molar-refractivity contribution in [2.45, 2.75) is 19.4 Å². The molecule has 0 radical (unpaired) electrons. The highest BCUT2D eigenvalue weighted by Gasteiger charge is 2.13. The number of hydrogen-bond acceptors (Lipinski definition) is 4. The number of rotatable bonds is 10. The number of hydrogen-bond donors (Lipinski definition) is 1. The van der Waals surface area contributed by atoms with Crippen LogP contribution in [0.1, 0.15) is 17.5 Å². The van der Waals surface area contributed by atoms with Crippen LogP contribution in [-0.2, 0) is 17.8 Å². The maximum atomic E-state index is 12.1. The summed E-state index contributed by atoms with van der Waals surface area (Å²) in [6.45, 7) is 1.63. The number of methoxy groups -OCH3 is 2. The van der Waals surface area contributed by atoms with Crippen molar-refractivity contribution in [1.82, 2.24) is 10.2 Å². The van der Waals surface area contributed by atoms with E-state index in [1.807, 2.05) is 48.3 Å². The topological polar surface area (TPSA) is 50.8 Å². The highest BCUT2D eigenvalue weighted by atomic mass is 16.5. The molecule has 5 nitrogen and oxygen atoms in total. The summed E-state index contributed by atoms with van der Waals surface area (Å²) in [5, 5.41) is 2.98. The van der Waals surface area contributed by atoms with Crippen LogP contribution in [-0.4, -0.2) is 45.2 Å². The molecule has 0 fully saturated rings. The second-order valence-electron chi connectivity index (χ2n) is 6.26. The molecule has 0 spiro atoms. The Kier molecular flexibility index (Phi) is 7.96. The molecule has 140 valence electrons. The number of ether oxygens (including phenoxy) is 2. The molecule has 0 unspecified atom stereocenters. The van der Waals surface area contributed by atoms with E-state index in [0.717, 1.165) is 18.4 Å². The van der Waals surface area contributed by atoms with Crippen LogP contribution >= 0.6 is 0 Å². The van der Waals surface area contributed by atoms with Crippen molar-refractivity contribution in [3.05, 3.63) is 59.7 Å². The summed E-state index contributed by atoms with van der Waals surface area (Å²) < 4.78 is 10.8. The molecule has 2 aromatic rings. The van der Waals surface area contributed by atoms with Crippen LogP contribution in [0.25, 0.3) is 0 Å². The minimum absolute atomic E-state index is 0.0300. The zero-order valence-corrected chi connectivity index (χ0v) is 15.8. The van der Waals surface area contributed by atoms with Crippen LogP contribution in [0.3, 0.4) is 0 Å². The smallest absolute Gasteiger partial charge is 0.234 e. The van der Waals surface area contributed by atoms with Gasteiger partial charge in [-0.3, -0.25) is 9.69 Å². The summed E-state index contributed by atoms with van der Waals surface area (Å²) in [7, 11) is 5.16. The van der Waals surface area contributed by atoms with Crippen molar-refractivity contribution in [2.24, 2.45) is 0 Å². The lowest BCUT2D eigenvalue weighted by molar-refractivity contribution is -0.122. The Bertz CT molecular complexity index is 689. The Balaban J connectivity index is 1.75. The third kappa shape index (κ3) is 6.08. The molecular weight excluding hydrogens is 328 g/mol. The van der Waals surface area contributed by atoms with E-state index in [9.17, 15) is 4.79 Å². The number of amides is 1. The van der Waals surface area contributed by atoms with Crippen LogP contribution in [0.15, 0.2) is 48.5 Å². The van der Waals surface area contributed by atoms with Gasteiger partial charge in [0.2, 0.25) is 5.91 Å². The van der Waals surface area contributed by atoms with Gasteiger partial charge in [0.1, 0.15) is 0 Å². The van der Waals surface area contributed by atoms with E-state index in [2.05, 4.69) is 17.4 Å². The second-order valence-corrected chi connectivity index (χ2v) is 6.26. The van der Waals surface area contributed by atoms with E-state index in [1.165, 1.54) is 5.56 Å². The summed E-state index contributed by atoms with van der Waals surface area (Å²) in [5.41, 5.74) is 2.29. The molecule has 0 aliphatic carbocycles. The average Bonchev–Trinajstić information content (AvgIpc) is 2.65. The van der Waals surface area contributed by atoms with Gasteiger partial charge in [0, 0.05) is 18.7 Å². The van der Waals surface area contributed by atoms with Crippen molar-refractivity contribution >= 4 is 5.91 Å². The van der Waals surface area contributed by atoms with Crippen LogP contribution in [0.4, 0.5) is 0 Å². The van der Waals surface area contributed by atoms with Gasteiger partial charge in [0.15, 0.2) is 11.5 Å². The SMILES string of the molecule is COc1cccc(CN(C)CC(=O)NCCCc2ccccc2)c1OC. The Morgan fingerprint density at radius 3 is 2.50 bits per heavy atom. The monoisotopic (exact) mass is 356 g/mol. The van der Waals surface area contributed by atoms with Crippen LogP contribution in [0.5, 0.6) is 11.5 Å². The van der Waals surface area contributed by atoms with Gasteiger partial charge in [-0.15, -0.1) is 0 Å². The first-order chi connectivity index (χ1) is 12.6. The number of carbonyl (C=O) groups is 1. The molecule has 0 aliphatic rings. The normalized spacial score (nSPS) is 10.6. The molecule has 0 heterocycles. The molecule has 26 heavy (non-hydrogen) atoms. The minimum Gasteiger partial charge on any atom is -0.493 e. The summed E-state index contributed by atoms with van der Waals surface area (Å²) in [6, 6.07) is 16.1. The zero-order chi connectivity index (χ0) is 18.8. The number of carbonyl (C=O) groups excluding carboxylic acids is 1. The standard InChI is InChI=1S/C21H28N2O3/c1-23(15-18-12-7-13-19(25-2)21(18)26-3)16-20(24)22-14-8-11-17-9-5-4-6-10-17/h4-7,9-10,12-13H,8,11,14-16H2,1-3H3,(H,22,24). The molecule has 0 saturated heterocycles. The number of nitrogens with one attached hydrogen (secondary N) is 1. The first-order valence-corrected chi connectivity index (χ1v) is 8.83. The molecule has 5 heteroatoms. The fourth-order valence-electron chi connectivity index (χ4n) is 2.89. The number of benzene rings is 2. The van der Waals surface area contributed by atoms with Crippen molar-refractivity contribution in [3.63, 3.8) is 0 Å². The van der Waals surface area contributed by atoms with E-state index >= 15 is 0 Å². The third-order valence-corrected chi connectivity index (χ3v) is 4.15. The van der Waals surface area contributed by atoms with Gasteiger partial charge in [-0.1, -0.05) is 42.5 Å². The second kappa shape index (κ2) is 10.5. The van der Waals surface area contributed by atoms with E-state index < -0.39 is 0 Å². The van der Waals surface area contributed by atoms with Crippen molar-refractivity contribution in [2.75, 3.05) is 34.4 Å². The van der Waals surface area contributed by atoms with Gasteiger partial charge in [-0.2, -0.15) is 0 Å². The van der Waals surface area contributed by atoms with Gasteiger partial charge in [-0.25, -0.2) is 0 Å². The molecule has 0 saturated carbocycles. The van der Waals surface area contributed by atoms with E-state index in [0.29, 0.717) is 31.1 Å².